The van der Waals surface area contributed by atoms with Crippen molar-refractivity contribution in [3.05, 3.63) is 34.1 Å². The van der Waals surface area contributed by atoms with Crippen molar-refractivity contribution in [3.63, 3.8) is 0 Å². The van der Waals surface area contributed by atoms with Gasteiger partial charge in [0.05, 0.1) is 5.92 Å². The van der Waals surface area contributed by atoms with Gasteiger partial charge in [0.15, 0.2) is 0 Å². The highest BCUT2D eigenvalue weighted by molar-refractivity contribution is 9.10. The molecule has 1 aromatic carbocycles. The molecule has 0 aliphatic heterocycles. The Hall–Kier alpha value is -0.940. The Kier molecular flexibility index (Phi) is 3.82. The molecule has 108 valence electrons. The smallest absolute Gasteiger partial charge is 0.308 e. The summed E-state index contributed by atoms with van der Waals surface area (Å²) < 4.78 is 14.1. The molecule has 20 heavy (non-hydrogen) atoms. The van der Waals surface area contributed by atoms with E-state index in [1.807, 2.05) is 0 Å². The predicted molar refractivity (Wildman–Crippen MR) is 76.7 cm³/mol. The molecular weight excluding hydrogens is 325 g/mol. The first-order chi connectivity index (χ1) is 9.56. The van der Waals surface area contributed by atoms with Crippen LogP contribution in [-0.4, -0.2) is 17.1 Å². The minimum atomic E-state index is -0.701. The first-order valence-electron chi connectivity index (χ1n) is 6.96. The summed E-state index contributed by atoms with van der Waals surface area (Å²) in [6, 6.07) is 4.59. The molecule has 5 heteroatoms. The average Bonchev–Trinajstić information content (AvgIpc) is 3.00. The summed E-state index contributed by atoms with van der Waals surface area (Å²) in [6.07, 6.45) is 3.15. The standard InChI is InChI=1S/C15H17BrFNO2/c16-12-4-3-11(17)6-10(12)7-18-14-9-2-1-8(5-9)13(14)15(19)20/h3-4,6,8-9,13-14,18H,1-2,5,7H2,(H,19,20). The number of rotatable bonds is 4. The third kappa shape index (κ3) is 2.49. The van der Waals surface area contributed by atoms with E-state index in [4.69, 9.17) is 0 Å². The van der Waals surface area contributed by atoms with Crippen LogP contribution in [0.2, 0.25) is 0 Å². The number of hydrogen-bond acceptors (Lipinski definition) is 2. The fraction of sp³-hybridized carbons (Fsp3) is 0.533. The molecule has 0 saturated heterocycles. The molecule has 0 radical (unpaired) electrons. The van der Waals surface area contributed by atoms with Crippen molar-refractivity contribution in [2.24, 2.45) is 17.8 Å². The van der Waals surface area contributed by atoms with Crippen LogP contribution in [0.4, 0.5) is 4.39 Å². The van der Waals surface area contributed by atoms with Crippen LogP contribution in [0.5, 0.6) is 0 Å². The molecule has 0 spiro atoms. The molecule has 2 saturated carbocycles. The van der Waals surface area contributed by atoms with Gasteiger partial charge in [-0.25, -0.2) is 4.39 Å². The normalized spacial score (nSPS) is 31.7. The second kappa shape index (κ2) is 5.45. The average molecular weight is 342 g/mol. The summed E-state index contributed by atoms with van der Waals surface area (Å²) in [4.78, 5) is 11.4. The Morgan fingerprint density at radius 3 is 2.90 bits per heavy atom. The van der Waals surface area contributed by atoms with Gasteiger partial charge in [-0.3, -0.25) is 4.79 Å². The van der Waals surface area contributed by atoms with E-state index in [9.17, 15) is 14.3 Å². The van der Waals surface area contributed by atoms with Gasteiger partial charge in [0.25, 0.3) is 0 Å². The Morgan fingerprint density at radius 1 is 1.40 bits per heavy atom. The van der Waals surface area contributed by atoms with E-state index in [2.05, 4.69) is 21.2 Å². The Morgan fingerprint density at radius 2 is 2.15 bits per heavy atom. The van der Waals surface area contributed by atoms with E-state index in [0.717, 1.165) is 29.3 Å². The number of aliphatic carboxylic acids is 1. The summed E-state index contributed by atoms with van der Waals surface area (Å²) in [5.74, 6) is -0.499. The monoisotopic (exact) mass is 341 g/mol. The Labute approximate surface area is 125 Å². The van der Waals surface area contributed by atoms with Gasteiger partial charge in [-0.05, 0) is 54.9 Å². The first kappa shape index (κ1) is 14.0. The van der Waals surface area contributed by atoms with E-state index in [0.29, 0.717) is 18.4 Å². The molecule has 0 aromatic heterocycles. The van der Waals surface area contributed by atoms with Crippen LogP contribution < -0.4 is 5.32 Å². The number of hydrogen-bond donors (Lipinski definition) is 2. The number of carboxylic acid groups (broad SMARTS) is 1. The third-order valence-electron chi connectivity index (χ3n) is 4.74. The van der Waals surface area contributed by atoms with Gasteiger partial charge in [0, 0.05) is 17.1 Å². The fourth-order valence-electron chi connectivity index (χ4n) is 3.85. The molecule has 3 nitrogen and oxygen atoms in total. The minimum Gasteiger partial charge on any atom is -0.481 e. The van der Waals surface area contributed by atoms with Gasteiger partial charge >= 0.3 is 5.97 Å². The van der Waals surface area contributed by atoms with Crippen molar-refractivity contribution in [1.82, 2.24) is 5.32 Å². The van der Waals surface area contributed by atoms with Gasteiger partial charge in [-0.2, -0.15) is 0 Å². The molecule has 0 amide bonds. The quantitative estimate of drug-likeness (QED) is 0.884. The van der Waals surface area contributed by atoms with Crippen molar-refractivity contribution >= 4 is 21.9 Å². The van der Waals surface area contributed by atoms with Crippen molar-refractivity contribution in [3.8, 4) is 0 Å². The lowest BCUT2D eigenvalue weighted by Gasteiger charge is -2.29. The lowest BCUT2D eigenvalue weighted by Crippen LogP contribution is -2.43. The second-order valence-corrected chi connectivity index (χ2v) is 6.69. The Bertz CT molecular complexity index is 537. The molecule has 2 aliphatic carbocycles. The van der Waals surface area contributed by atoms with E-state index >= 15 is 0 Å². The lowest BCUT2D eigenvalue weighted by molar-refractivity contribution is -0.144. The first-order valence-corrected chi connectivity index (χ1v) is 7.75. The number of fused-ring (bicyclic) bond motifs is 2. The van der Waals surface area contributed by atoms with Gasteiger partial charge in [0.2, 0.25) is 0 Å². The van der Waals surface area contributed by atoms with Crippen LogP contribution in [0.15, 0.2) is 22.7 Å². The molecule has 2 N–H and O–H groups in total. The summed E-state index contributed by atoms with van der Waals surface area (Å²) in [5.41, 5.74) is 0.830. The second-order valence-electron chi connectivity index (χ2n) is 5.84. The predicted octanol–water partition coefficient (Wildman–Crippen LogP) is 3.18. The van der Waals surface area contributed by atoms with Crippen LogP contribution in [-0.2, 0) is 11.3 Å². The van der Waals surface area contributed by atoms with E-state index < -0.39 is 5.97 Å². The highest BCUT2D eigenvalue weighted by Crippen LogP contribution is 2.48. The van der Waals surface area contributed by atoms with Gasteiger partial charge < -0.3 is 10.4 Å². The summed E-state index contributed by atoms with van der Waals surface area (Å²) >= 11 is 3.40. The third-order valence-corrected chi connectivity index (χ3v) is 5.51. The van der Waals surface area contributed by atoms with Crippen molar-refractivity contribution in [2.45, 2.75) is 31.8 Å². The lowest BCUT2D eigenvalue weighted by atomic mass is 9.84. The maximum atomic E-state index is 13.3. The highest BCUT2D eigenvalue weighted by Gasteiger charge is 2.50. The SMILES string of the molecule is O=C(O)C1C2CCC(C2)C1NCc1cc(F)ccc1Br. The Balaban J connectivity index is 1.71. The van der Waals surface area contributed by atoms with E-state index in [1.54, 1.807) is 6.07 Å². The summed E-state index contributed by atoms with van der Waals surface area (Å²) in [7, 11) is 0. The molecule has 2 bridgehead atoms. The van der Waals surface area contributed by atoms with Gasteiger partial charge in [-0.15, -0.1) is 0 Å². The van der Waals surface area contributed by atoms with Crippen LogP contribution in [0.3, 0.4) is 0 Å². The van der Waals surface area contributed by atoms with Crippen molar-refractivity contribution in [2.75, 3.05) is 0 Å². The maximum Gasteiger partial charge on any atom is 0.308 e. The van der Waals surface area contributed by atoms with E-state index in [1.165, 1.54) is 12.1 Å². The zero-order chi connectivity index (χ0) is 14.3. The molecule has 2 aliphatic rings. The van der Waals surface area contributed by atoms with Crippen molar-refractivity contribution in [1.29, 1.82) is 0 Å². The molecule has 2 fully saturated rings. The summed E-state index contributed by atoms with van der Waals surface area (Å²) in [6.45, 7) is 0.496. The maximum absolute atomic E-state index is 13.3. The van der Waals surface area contributed by atoms with Crippen LogP contribution >= 0.6 is 15.9 Å². The molecule has 0 heterocycles. The summed E-state index contributed by atoms with van der Waals surface area (Å²) in [5, 5.41) is 12.7. The number of carbonyl (C=O) groups is 1. The van der Waals surface area contributed by atoms with Crippen molar-refractivity contribution < 1.29 is 14.3 Å². The minimum absolute atomic E-state index is 0.0152. The van der Waals surface area contributed by atoms with Gasteiger partial charge in [0.1, 0.15) is 5.82 Å². The topological polar surface area (TPSA) is 49.3 Å². The molecule has 1 aromatic rings. The zero-order valence-electron chi connectivity index (χ0n) is 11.0. The van der Waals surface area contributed by atoms with Crippen LogP contribution in [0.25, 0.3) is 0 Å². The molecule has 3 rings (SSSR count). The van der Waals surface area contributed by atoms with E-state index in [-0.39, 0.29) is 17.8 Å². The molecular formula is C15H17BrFNO2. The zero-order valence-corrected chi connectivity index (χ0v) is 12.6. The number of carboxylic acids is 1. The number of nitrogens with one attached hydrogen (secondary N) is 1. The fourth-order valence-corrected chi connectivity index (χ4v) is 4.23. The number of benzene rings is 1. The van der Waals surface area contributed by atoms with Crippen LogP contribution in [0, 0.1) is 23.6 Å². The van der Waals surface area contributed by atoms with Crippen LogP contribution in [0.1, 0.15) is 24.8 Å². The van der Waals surface area contributed by atoms with Gasteiger partial charge in [-0.1, -0.05) is 15.9 Å². The largest absolute Gasteiger partial charge is 0.481 e. The molecule has 4 unspecified atom stereocenters. The molecule has 4 atom stereocenters. The number of halogens is 2. The highest BCUT2D eigenvalue weighted by atomic mass is 79.9.